The molecule has 0 aliphatic rings. The van der Waals surface area contributed by atoms with Gasteiger partial charge in [-0.25, -0.2) is 0 Å². The van der Waals surface area contributed by atoms with Crippen molar-refractivity contribution in [2.45, 2.75) is 66.1 Å². The lowest BCUT2D eigenvalue weighted by Gasteiger charge is -2.26. The molecular weight excluding hydrogens is 214 g/mol. The summed E-state index contributed by atoms with van der Waals surface area (Å²) in [5, 5.41) is 0. The molecule has 0 saturated carbocycles. The molecule has 0 rings (SSSR count). The molecule has 0 unspecified atom stereocenters. The van der Waals surface area contributed by atoms with Crippen molar-refractivity contribution in [3.63, 3.8) is 0 Å². The van der Waals surface area contributed by atoms with Crippen LogP contribution in [0.3, 0.4) is 0 Å². The molecule has 0 aromatic carbocycles. The van der Waals surface area contributed by atoms with Crippen LogP contribution in [0.15, 0.2) is 0 Å². The van der Waals surface area contributed by atoms with E-state index in [2.05, 4.69) is 47.3 Å². The maximum atomic E-state index is 5.84. The Balaban J connectivity index is 0. The number of rotatable bonds is 8. The Kier molecular flexibility index (Phi) is 12.4. The molecule has 0 radical (unpaired) electrons. The second kappa shape index (κ2) is 11.0. The van der Waals surface area contributed by atoms with Crippen LogP contribution in [0.2, 0.25) is 0 Å². The van der Waals surface area contributed by atoms with E-state index in [9.17, 15) is 0 Å². The van der Waals surface area contributed by atoms with Gasteiger partial charge in [0.25, 0.3) is 0 Å². The highest BCUT2D eigenvalue weighted by molar-refractivity contribution is 4.68. The number of ether oxygens (including phenoxy) is 2. The summed E-state index contributed by atoms with van der Waals surface area (Å²) in [5.74, 6) is 0.715. The van der Waals surface area contributed by atoms with E-state index >= 15 is 0 Å². The summed E-state index contributed by atoms with van der Waals surface area (Å²) in [6, 6.07) is 0. The average molecular weight is 247 g/mol. The molecule has 0 spiro atoms. The first kappa shape index (κ1) is 19.2. The average Bonchev–Trinajstić information content (AvgIpc) is 2.18. The lowest BCUT2D eigenvalue weighted by molar-refractivity contribution is -0.0502. The number of hydrogen-bond donors (Lipinski definition) is 1. The van der Waals surface area contributed by atoms with Gasteiger partial charge in [-0.2, -0.15) is 0 Å². The van der Waals surface area contributed by atoms with Crippen LogP contribution < -0.4 is 5.73 Å². The van der Waals surface area contributed by atoms with Crippen LogP contribution in [-0.4, -0.2) is 32.0 Å². The highest BCUT2D eigenvalue weighted by atomic mass is 16.5. The van der Waals surface area contributed by atoms with Crippen molar-refractivity contribution in [1.82, 2.24) is 0 Å². The van der Waals surface area contributed by atoms with Crippen molar-refractivity contribution in [3.05, 3.63) is 0 Å². The molecule has 0 aromatic heterocycles. The summed E-state index contributed by atoms with van der Waals surface area (Å²) in [4.78, 5) is 0. The van der Waals surface area contributed by atoms with Crippen molar-refractivity contribution < 1.29 is 9.47 Å². The van der Waals surface area contributed by atoms with Crippen LogP contribution in [0.1, 0.15) is 54.4 Å². The fourth-order valence-corrected chi connectivity index (χ4v) is 1.18. The Labute approximate surface area is 108 Å². The van der Waals surface area contributed by atoms with Crippen LogP contribution in [0.25, 0.3) is 0 Å². The SMILES string of the molecule is CC(C)CCOC(C)(C)CCOC(C)C.CN. The Morgan fingerprint density at radius 1 is 1.00 bits per heavy atom. The molecule has 0 amide bonds. The van der Waals surface area contributed by atoms with Gasteiger partial charge in [-0.05, 0) is 53.5 Å². The highest BCUT2D eigenvalue weighted by Crippen LogP contribution is 2.16. The van der Waals surface area contributed by atoms with E-state index in [1.54, 1.807) is 0 Å². The van der Waals surface area contributed by atoms with Gasteiger partial charge < -0.3 is 15.2 Å². The van der Waals surface area contributed by atoms with Gasteiger partial charge in [0.1, 0.15) is 0 Å². The Bertz CT molecular complexity index is 140. The van der Waals surface area contributed by atoms with E-state index in [4.69, 9.17) is 9.47 Å². The second-order valence-electron chi connectivity index (χ2n) is 5.46. The number of hydrogen-bond acceptors (Lipinski definition) is 3. The summed E-state index contributed by atoms with van der Waals surface area (Å²) < 4.78 is 11.4. The molecule has 0 fully saturated rings. The van der Waals surface area contributed by atoms with Gasteiger partial charge in [-0.15, -0.1) is 0 Å². The first-order chi connectivity index (χ1) is 7.83. The fourth-order valence-electron chi connectivity index (χ4n) is 1.18. The Morgan fingerprint density at radius 3 is 1.94 bits per heavy atom. The van der Waals surface area contributed by atoms with Crippen LogP contribution in [0.4, 0.5) is 0 Å². The predicted octanol–water partition coefficient (Wildman–Crippen LogP) is 3.22. The summed E-state index contributed by atoms with van der Waals surface area (Å²) in [6.45, 7) is 14.5. The van der Waals surface area contributed by atoms with E-state index in [1.807, 2.05) is 0 Å². The molecule has 17 heavy (non-hydrogen) atoms. The van der Waals surface area contributed by atoms with Gasteiger partial charge in [0.15, 0.2) is 0 Å². The summed E-state index contributed by atoms with van der Waals surface area (Å²) >= 11 is 0. The minimum atomic E-state index is -0.0518. The van der Waals surface area contributed by atoms with Crippen LogP contribution in [0.5, 0.6) is 0 Å². The molecule has 3 heteroatoms. The summed E-state index contributed by atoms with van der Waals surface area (Å²) in [6.07, 6.45) is 2.41. The summed E-state index contributed by atoms with van der Waals surface area (Å²) in [5.41, 5.74) is 4.45. The zero-order valence-corrected chi connectivity index (χ0v) is 12.9. The highest BCUT2D eigenvalue weighted by Gasteiger charge is 2.18. The zero-order chi connectivity index (χ0) is 13.9. The Hall–Kier alpha value is -0.120. The van der Waals surface area contributed by atoms with Crippen LogP contribution >= 0.6 is 0 Å². The van der Waals surface area contributed by atoms with Gasteiger partial charge in [0.05, 0.1) is 11.7 Å². The van der Waals surface area contributed by atoms with Gasteiger partial charge in [0.2, 0.25) is 0 Å². The van der Waals surface area contributed by atoms with E-state index in [1.165, 1.54) is 7.05 Å². The minimum absolute atomic E-state index is 0.0518. The van der Waals surface area contributed by atoms with Gasteiger partial charge >= 0.3 is 0 Å². The van der Waals surface area contributed by atoms with Gasteiger partial charge in [-0.1, -0.05) is 13.8 Å². The third-order valence-corrected chi connectivity index (χ3v) is 2.34. The van der Waals surface area contributed by atoms with E-state index in [0.717, 1.165) is 26.1 Å². The largest absolute Gasteiger partial charge is 0.379 e. The van der Waals surface area contributed by atoms with Crippen LogP contribution in [0, 0.1) is 5.92 Å². The molecule has 3 nitrogen and oxygen atoms in total. The zero-order valence-electron chi connectivity index (χ0n) is 12.9. The molecule has 0 aromatic rings. The molecule has 0 bridgehead atoms. The molecule has 2 N–H and O–H groups in total. The maximum absolute atomic E-state index is 5.84. The topological polar surface area (TPSA) is 44.5 Å². The smallest absolute Gasteiger partial charge is 0.0648 e. The quantitative estimate of drug-likeness (QED) is 0.716. The van der Waals surface area contributed by atoms with Gasteiger partial charge in [-0.3, -0.25) is 0 Å². The first-order valence-corrected chi connectivity index (χ1v) is 6.67. The molecule has 0 aliphatic carbocycles. The molecule has 0 aliphatic heterocycles. The minimum Gasteiger partial charge on any atom is -0.379 e. The molecular formula is C14H33NO2. The summed E-state index contributed by atoms with van der Waals surface area (Å²) in [7, 11) is 1.50. The van der Waals surface area contributed by atoms with Crippen molar-refractivity contribution in [1.29, 1.82) is 0 Å². The maximum Gasteiger partial charge on any atom is 0.0648 e. The lowest BCUT2D eigenvalue weighted by atomic mass is 10.1. The number of nitrogens with two attached hydrogens (primary N) is 1. The van der Waals surface area contributed by atoms with E-state index < -0.39 is 0 Å². The van der Waals surface area contributed by atoms with Crippen LogP contribution in [-0.2, 0) is 9.47 Å². The monoisotopic (exact) mass is 247 g/mol. The van der Waals surface area contributed by atoms with E-state index in [-0.39, 0.29) is 5.60 Å². The molecule has 0 heterocycles. The van der Waals surface area contributed by atoms with Crippen molar-refractivity contribution in [3.8, 4) is 0 Å². The fraction of sp³-hybridized carbons (Fsp3) is 1.00. The second-order valence-corrected chi connectivity index (χ2v) is 5.46. The van der Waals surface area contributed by atoms with Crippen molar-refractivity contribution in [2.75, 3.05) is 20.3 Å². The first-order valence-electron chi connectivity index (χ1n) is 6.67. The van der Waals surface area contributed by atoms with Gasteiger partial charge in [0, 0.05) is 13.2 Å². The Morgan fingerprint density at radius 2 is 1.53 bits per heavy atom. The van der Waals surface area contributed by atoms with Crippen molar-refractivity contribution in [2.24, 2.45) is 11.7 Å². The standard InChI is InChI=1S/C13H28O2.CH5N/c1-11(2)7-9-15-13(5,6)8-10-14-12(3)4;1-2/h11-12H,7-10H2,1-6H3;2H2,1H3. The lowest BCUT2D eigenvalue weighted by Crippen LogP contribution is -2.27. The molecule has 0 saturated heterocycles. The molecule has 106 valence electrons. The van der Waals surface area contributed by atoms with Crippen molar-refractivity contribution >= 4 is 0 Å². The third-order valence-electron chi connectivity index (χ3n) is 2.34. The van der Waals surface area contributed by atoms with E-state index in [0.29, 0.717) is 12.0 Å². The normalized spacial score (nSPS) is 11.6. The predicted molar refractivity (Wildman–Crippen MR) is 75.3 cm³/mol. The third kappa shape index (κ3) is 15.9. The molecule has 0 atom stereocenters.